The lowest BCUT2D eigenvalue weighted by atomic mass is 10.1. The molecule has 0 fully saturated rings. The Morgan fingerprint density at radius 1 is 1.07 bits per heavy atom. The molecule has 0 saturated carbocycles. The highest BCUT2D eigenvalue weighted by Gasteiger charge is 2.33. The molecule has 16 heteroatoms. The third-order valence-electron chi connectivity index (χ3n) is 6.28. The summed E-state index contributed by atoms with van der Waals surface area (Å²) in [6, 6.07) is 11.2. The molecule has 0 aliphatic heterocycles. The molecule has 240 valence electrons. The van der Waals surface area contributed by atoms with E-state index in [1.807, 2.05) is 38.1 Å². The zero-order valence-electron chi connectivity index (χ0n) is 24.3. The number of unbranched alkanes of at least 4 members (excludes halogenated alkanes) is 1. The lowest BCUT2D eigenvalue weighted by Gasteiger charge is -2.32. The Hall–Kier alpha value is -2.52. The van der Waals surface area contributed by atoms with Gasteiger partial charge in [0.25, 0.3) is 0 Å². The number of nitrogens with one attached hydrogen (secondary N) is 2. The molecule has 0 aliphatic carbocycles. The monoisotopic (exact) mass is 706 g/mol. The number of hydrogen-bond acceptors (Lipinski definition) is 8. The summed E-state index contributed by atoms with van der Waals surface area (Å²) in [7, 11) is -7.75. The number of phosphoric ester groups is 1. The van der Waals surface area contributed by atoms with E-state index in [0.29, 0.717) is 18.5 Å². The molecule has 0 radical (unpaired) electrons. The first-order valence-corrected chi connectivity index (χ1v) is 17.3. The molecule has 0 spiro atoms. The number of ether oxygens (including phenoxy) is 1. The van der Waals surface area contributed by atoms with Gasteiger partial charge in [0.05, 0.1) is 18.6 Å². The van der Waals surface area contributed by atoms with Crippen molar-refractivity contribution in [3.05, 3.63) is 58.6 Å². The number of carbonyl (C=O) groups excluding carboxylic acids is 2. The van der Waals surface area contributed by atoms with E-state index in [0.717, 1.165) is 10.0 Å². The Kier molecular flexibility index (Phi) is 14.6. The molecule has 0 saturated heterocycles. The molecular formula is C27H40BrN4O9PS. The quantitative estimate of drug-likeness (QED) is 0.0923. The standard InChI is InChI=1S/C27H40BrN4O9PS/c1-19(2)17-32(43(38,39)24-13-11-22(29)12-14-24)23(18-41-42(35,36)37)6-4-5-15-30-26(33)25(31-27(34)40-3)16-20-7-9-21(28)10-8-20/h7-14,19,23,25H,4-6,15-18,29H2,1-3H3,(H,30,33)(H,31,34)(H2,35,36,37)/t23?,25-/m0/s1. The van der Waals surface area contributed by atoms with Crippen LogP contribution in [0, 0.1) is 5.92 Å². The van der Waals surface area contributed by atoms with E-state index in [-0.39, 0.29) is 36.7 Å². The van der Waals surface area contributed by atoms with Crippen LogP contribution in [0.3, 0.4) is 0 Å². The molecule has 2 rings (SSSR count). The third kappa shape index (κ3) is 12.9. The number of hydrogen-bond donors (Lipinski definition) is 5. The summed E-state index contributed by atoms with van der Waals surface area (Å²) < 4.78 is 50.2. The van der Waals surface area contributed by atoms with Crippen molar-refractivity contribution in [2.75, 3.05) is 32.5 Å². The molecule has 2 atom stereocenters. The van der Waals surface area contributed by atoms with Crippen LogP contribution in [0.2, 0.25) is 0 Å². The number of sulfonamides is 1. The fourth-order valence-corrected chi connectivity index (χ4v) is 6.61. The van der Waals surface area contributed by atoms with E-state index in [4.69, 9.17) is 10.3 Å². The number of phosphoric acid groups is 1. The Labute approximate surface area is 260 Å². The smallest absolute Gasteiger partial charge is 0.453 e. The van der Waals surface area contributed by atoms with Crippen molar-refractivity contribution in [2.45, 2.75) is 56.5 Å². The van der Waals surface area contributed by atoms with Gasteiger partial charge in [0.2, 0.25) is 15.9 Å². The lowest BCUT2D eigenvalue weighted by Crippen LogP contribution is -2.48. The maximum atomic E-state index is 13.6. The SMILES string of the molecule is COC(=O)N[C@@H](Cc1ccc(Br)cc1)C(=O)NCCCCC(COP(=O)(O)O)N(CC(C)C)S(=O)(=O)c1ccc(N)cc1. The summed E-state index contributed by atoms with van der Waals surface area (Å²) in [6.45, 7) is 3.41. The van der Waals surface area contributed by atoms with Crippen LogP contribution in [-0.2, 0) is 35.1 Å². The van der Waals surface area contributed by atoms with Crippen LogP contribution in [0.1, 0.15) is 38.7 Å². The van der Waals surface area contributed by atoms with Crippen LogP contribution in [-0.4, -0.2) is 73.4 Å². The van der Waals surface area contributed by atoms with Crippen LogP contribution in [0.5, 0.6) is 0 Å². The molecule has 2 aromatic rings. The zero-order valence-corrected chi connectivity index (χ0v) is 27.6. The second-order valence-corrected chi connectivity index (χ2v) is 14.3. The largest absolute Gasteiger partial charge is 0.469 e. The molecule has 1 unspecified atom stereocenters. The fourth-order valence-electron chi connectivity index (χ4n) is 4.18. The third-order valence-corrected chi connectivity index (χ3v) is 9.23. The van der Waals surface area contributed by atoms with E-state index in [2.05, 4.69) is 31.3 Å². The highest BCUT2D eigenvalue weighted by molar-refractivity contribution is 9.10. The van der Waals surface area contributed by atoms with Crippen molar-refractivity contribution in [1.29, 1.82) is 0 Å². The fraction of sp³-hybridized carbons (Fsp3) is 0.481. The maximum absolute atomic E-state index is 13.6. The van der Waals surface area contributed by atoms with E-state index in [1.54, 1.807) is 0 Å². The molecule has 13 nitrogen and oxygen atoms in total. The summed E-state index contributed by atoms with van der Waals surface area (Å²) in [4.78, 5) is 43.4. The van der Waals surface area contributed by atoms with Gasteiger partial charge < -0.3 is 30.9 Å². The minimum absolute atomic E-state index is 0.00860. The number of nitrogen functional groups attached to an aromatic ring is 1. The van der Waals surface area contributed by atoms with Crippen molar-refractivity contribution >= 4 is 51.5 Å². The number of benzene rings is 2. The first-order chi connectivity index (χ1) is 20.1. The van der Waals surface area contributed by atoms with Gasteiger partial charge in [-0.15, -0.1) is 0 Å². The normalized spacial score (nSPS) is 13.5. The van der Waals surface area contributed by atoms with Crippen LogP contribution in [0.15, 0.2) is 57.9 Å². The molecule has 2 amide bonds. The van der Waals surface area contributed by atoms with E-state index >= 15 is 0 Å². The van der Waals surface area contributed by atoms with Crippen LogP contribution >= 0.6 is 23.8 Å². The van der Waals surface area contributed by atoms with Gasteiger partial charge in [-0.2, -0.15) is 4.31 Å². The molecular weight excluding hydrogens is 667 g/mol. The summed E-state index contributed by atoms with van der Waals surface area (Å²) in [5.41, 5.74) is 6.92. The summed E-state index contributed by atoms with van der Waals surface area (Å²) in [5, 5.41) is 5.31. The highest BCUT2D eigenvalue weighted by atomic mass is 79.9. The molecule has 43 heavy (non-hydrogen) atoms. The zero-order chi connectivity index (χ0) is 32.2. The first kappa shape index (κ1) is 36.7. The van der Waals surface area contributed by atoms with Gasteiger partial charge in [0, 0.05) is 35.7 Å². The average molecular weight is 708 g/mol. The Balaban J connectivity index is 2.11. The number of alkyl carbamates (subject to hydrolysis) is 1. The van der Waals surface area contributed by atoms with Crippen molar-refractivity contribution in [3.63, 3.8) is 0 Å². The number of carbonyl (C=O) groups is 2. The Morgan fingerprint density at radius 3 is 2.26 bits per heavy atom. The van der Waals surface area contributed by atoms with Crippen LogP contribution in [0.25, 0.3) is 0 Å². The van der Waals surface area contributed by atoms with Crippen molar-refractivity contribution in [1.82, 2.24) is 14.9 Å². The van der Waals surface area contributed by atoms with Crippen molar-refractivity contribution in [3.8, 4) is 0 Å². The van der Waals surface area contributed by atoms with Gasteiger partial charge in [-0.1, -0.05) is 48.3 Å². The minimum Gasteiger partial charge on any atom is -0.453 e. The molecule has 0 aliphatic rings. The van der Waals surface area contributed by atoms with Gasteiger partial charge in [-0.05, 0) is 60.7 Å². The molecule has 2 aromatic carbocycles. The van der Waals surface area contributed by atoms with Gasteiger partial charge in [0.1, 0.15) is 6.04 Å². The first-order valence-electron chi connectivity index (χ1n) is 13.6. The van der Waals surface area contributed by atoms with Gasteiger partial charge in [-0.3, -0.25) is 9.32 Å². The highest BCUT2D eigenvalue weighted by Crippen LogP contribution is 2.37. The lowest BCUT2D eigenvalue weighted by molar-refractivity contribution is -0.123. The number of rotatable bonds is 17. The van der Waals surface area contributed by atoms with E-state index in [9.17, 15) is 32.4 Å². The van der Waals surface area contributed by atoms with Crippen LogP contribution < -0.4 is 16.4 Å². The predicted octanol–water partition coefficient (Wildman–Crippen LogP) is 3.41. The predicted molar refractivity (Wildman–Crippen MR) is 165 cm³/mol. The average Bonchev–Trinajstić information content (AvgIpc) is 2.93. The number of methoxy groups -OCH3 is 1. The second-order valence-electron chi connectivity index (χ2n) is 10.3. The minimum atomic E-state index is -4.88. The molecule has 0 aromatic heterocycles. The summed E-state index contributed by atoms with van der Waals surface area (Å²) >= 11 is 3.36. The van der Waals surface area contributed by atoms with Gasteiger partial charge >= 0.3 is 13.9 Å². The van der Waals surface area contributed by atoms with Gasteiger partial charge in [0.15, 0.2) is 0 Å². The second kappa shape index (κ2) is 17.1. The van der Waals surface area contributed by atoms with Crippen LogP contribution in [0.4, 0.5) is 10.5 Å². The summed E-state index contributed by atoms with van der Waals surface area (Å²) in [5.74, 6) is -0.535. The van der Waals surface area contributed by atoms with E-state index in [1.165, 1.54) is 35.7 Å². The van der Waals surface area contributed by atoms with E-state index < -0.39 is 48.5 Å². The molecule has 0 bridgehead atoms. The number of nitrogens with two attached hydrogens (primary N) is 1. The molecule has 0 heterocycles. The van der Waals surface area contributed by atoms with Crippen molar-refractivity contribution in [2.24, 2.45) is 5.92 Å². The van der Waals surface area contributed by atoms with Gasteiger partial charge in [-0.25, -0.2) is 17.8 Å². The van der Waals surface area contributed by atoms with Crippen molar-refractivity contribution < 1.29 is 41.6 Å². The number of amides is 2. The Morgan fingerprint density at radius 2 is 1.70 bits per heavy atom. The summed E-state index contributed by atoms with van der Waals surface area (Å²) in [6.07, 6.45) is 0.475. The maximum Gasteiger partial charge on any atom is 0.469 e. The Bertz CT molecular complexity index is 1340. The molecule has 6 N–H and O–H groups in total. The topological polar surface area (TPSA) is 198 Å². The number of nitrogens with zero attached hydrogens (tertiary/aromatic N) is 1. The number of halogens is 1. The number of anilines is 1.